The van der Waals surface area contributed by atoms with Crippen molar-refractivity contribution >= 4 is 18.4 Å². The minimum atomic E-state index is -3.69. The molecule has 0 fully saturated rings. The first kappa shape index (κ1) is 22.3. The van der Waals surface area contributed by atoms with Crippen molar-refractivity contribution in [2.24, 2.45) is 5.92 Å². The molecule has 4 nitrogen and oxygen atoms in total. The molecule has 0 aliphatic rings. The predicted molar refractivity (Wildman–Crippen MR) is 106 cm³/mol. The highest BCUT2D eigenvalue weighted by Crippen LogP contribution is 2.36. The third kappa shape index (κ3) is 6.85. The lowest BCUT2D eigenvalue weighted by Crippen LogP contribution is -2.41. The SMILES string of the molecule is CCC(CCO[Si](C)(C)C(C)(C)C)COS(=O)(=O)c1ccc(C)cc1. The van der Waals surface area contributed by atoms with Gasteiger partial charge in [0.2, 0.25) is 0 Å². The van der Waals surface area contributed by atoms with E-state index in [2.05, 4.69) is 40.8 Å². The molecule has 1 aromatic rings. The molecule has 0 N–H and O–H groups in total. The van der Waals surface area contributed by atoms with Crippen LogP contribution in [0.1, 0.15) is 46.1 Å². The zero-order valence-electron chi connectivity index (χ0n) is 16.8. The first-order chi connectivity index (χ1) is 11.4. The summed E-state index contributed by atoms with van der Waals surface area (Å²) < 4.78 is 36.0. The normalized spacial score (nSPS) is 14.5. The van der Waals surface area contributed by atoms with Crippen molar-refractivity contribution in [1.29, 1.82) is 0 Å². The maximum Gasteiger partial charge on any atom is 0.296 e. The second-order valence-corrected chi connectivity index (χ2v) is 14.6. The van der Waals surface area contributed by atoms with Crippen LogP contribution in [0.15, 0.2) is 29.2 Å². The molecule has 0 heterocycles. The quantitative estimate of drug-likeness (QED) is 0.435. The molecule has 0 bridgehead atoms. The largest absolute Gasteiger partial charge is 0.417 e. The van der Waals surface area contributed by atoms with Gasteiger partial charge in [-0.15, -0.1) is 0 Å². The molecule has 0 aromatic heterocycles. The molecule has 1 atom stereocenters. The van der Waals surface area contributed by atoms with Crippen molar-refractivity contribution in [2.45, 2.75) is 70.5 Å². The fourth-order valence-electron chi connectivity index (χ4n) is 2.06. The molecule has 1 rings (SSSR count). The molecule has 0 aliphatic carbocycles. The van der Waals surface area contributed by atoms with E-state index >= 15 is 0 Å². The molecule has 25 heavy (non-hydrogen) atoms. The Hall–Kier alpha value is -0.693. The highest BCUT2D eigenvalue weighted by Gasteiger charge is 2.37. The van der Waals surface area contributed by atoms with E-state index in [1.165, 1.54) is 0 Å². The Morgan fingerprint density at radius 1 is 1.12 bits per heavy atom. The molecule has 0 amide bonds. The van der Waals surface area contributed by atoms with Crippen molar-refractivity contribution in [2.75, 3.05) is 13.2 Å². The monoisotopic (exact) mass is 386 g/mol. The molecule has 1 aromatic carbocycles. The molecule has 1 unspecified atom stereocenters. The number of aryl methyl sites for hydroxylation is 1. The van der Waals surface area contributed by atoms with Crippen molar-refractivity contribution in [3.63, 3.8) is 0 Å². The van der Waals surface area contributed by atoms with E-state index < -0.39 is 18.4 Å². The second-order valence-electron chi connectivity index (χ2n) is 8.22. The van der Waals surface area contributed by atoms with Crippen molar-refractivity contribution in [1.82, 2.24) is 0 Å². The molecule has 0 saturated heterocycles. The average Bonchev–Trinajstić information content (AvgIpc) is 2.50. The van der Waals surface area contributed by atoms with E-state index in [4.69, 9.17) is 8.61 Å². The zero-order valence-corrected chi connectivity index (χ0v) is 18.6. The maximum absolute atomic E-state index is 12.3. The van der Waals surface area contributed by atoms with Crippen LogP contribution in [0, 0.1) is 12.8 Å². The Kier molecular flexibility index (Phi) is 7.86. The highest BCUT2D eigenvalue weighted by molar-refractivity contribution is 7.86. The fraction of sp³-hybridized carbons (Fsp3) is 0.684. The maximum atomic E-state index is 12.3. The third-order valence-electron chi connectivity index (χ3n) is 5.14. The topological polar surface area (TPSA) is 52.6 Å². The Labute approximate surface area is 155 Å². The van der Waals surface area contributed by atoms with E-state index in [-0.39, 0.29) is 22.5 Å². The van der Waals surface area contributed by atoms with Gasteiger partial charge in [-0.1, -0.05) is 51.8 Å². The van der Waals surface area contributed by atoms with Crippen LogP contribution in [0.3, 0.4) is 0 Å². The predicted octanol–water partition coefficient (Wildman–Crippen LogP) is 5.14. The summed E-state index contributed by atoms with van der Waals surface area (Å²) in [7, 11) is -5.45. The summed E-state index contributed by atoms with van der Waals surface area (Å²) in [5, 5.41) is 0.181. The lowest BCUT2D eigenvalue weighted by Gasteiger charge is -2.36. The number of benzene rings is 1. The first-order valence-electron chi connectivity index (χ1n) is 8.99. The van der Waals surface area contributed by atoms with E-state index in [0.717, 1.165) is 18.4 Å². The highest BCUT2D eigenvalue weighted by atomic mass is 32.2. The van der Waals surface area contributed by atoms with E-state index in [0.29, 0.717) is 6.61 Å². The van der Waals surface area contributed by atoms with Gasteiger partial charge in [-0.25, -0.2) is 0 Å². The summed E-state index contributed by atoms with van der Waals surface area (Å²) in [6.45, 7) is 15.9. The fourth-order valence-corrected chi connectivity index (χ4v) is 4.10. The molecule has 0 spiro atoms. The van der Waals surface area contributed by atoms with Crippen molar-refractivity contribution in [3.8, 4) is 0 Å². The minimum absolute atomic E-state index is 0.171. The summed E-state index contributed by atoms with van der Waals surface area (Å²) in [5.74, 6) is 0.171. The number of hydrogen-bond acceptors (Lipinski definition) is 4. The summed E-state index contributed by atoms with van der Waals surface area (Å²) in [6, 6.07) is 6.74. The molecule has 0 radical (unpaired) electrons. The van der Waals surface area contributed by atoms with Gasteiger partial charge in [-0.05, 0) is 49.5 Å². The Balaban J connectivity index is 2.55. The molecule has 0 saturated carbocycles. The number of hydrogen-bond donors (Lipinski definition) is 0. The van der Waals surface area contributed by atoms with Crippen LogP contribution in [0.2, 0.25) is 18.1 Å². The first-order valence-corrected chi connectivity index (χ1v) is 13.3. The van der Waals surface area contributed by atoms with Gasteiger partial charge in [0.05, 0.1) is 11.5 Å². The molecule has 6 heteroatoms. The van der Waals surface area contributed by atoms with Gasteiger partial charge in [-0.3, -0.25) is 4.18 Å². The Morgan fingerprint density at radius 3 is 2.16 bits per heavy atom. The van der Waals surface area contributed by atoms with Gasteiger partial charge in [-0.2, -0.15) is 8.42 Å². The van der Waals surface area contributed by atoms with Gasteiger partial charge in [0.15, 0.2) is 8.32 Å². The van der Waals surface area contributed by atoms with E-state index in [1.54, 1.807) is 24.3 Å². The van der Waals surface area contributed by atoms with E-state index in [1.807, 2.05) is 6.92 Å². The van der Waals surface area contributed by atoms with Gasteiger partial charge < -0.3 is 4.43 Å². The lowest BCUT2D eigenvalue weighted by atomic mass is 10.1. The van der Waals surface area contributed by atoms with Gasteiger partial charge in [0.25, 0.3) is 10.1 Å². The molecular formula is C19H34O4SSi. The zero-order chi connectivity index (χ0) is 19.3. The Morgan fingerprint density at radius 2 is 1.68 bits per heavy atom. The second kappa shape index (κ2) is 8.80. The van der Waals surface area contributed by atoms with E-state index in [9.17, 15) is 8.42 Å². The number of rotatable bonds is 9. The summed E-state index contributed by atoms with van der Waals surface area (Å²) in [6.07, 6.45) is 1.68. The minimum Gasteiger partial charge on any atom is -0.417 e. The van der Waals surface area contributed by atoms with Crippen molar-refractivity contribution < 1.29 is 17.0 Å². The molecule has 0 aliphatic heterocycles. The van der Waals surface area contributed by atoms with Crippen LogP contribution in [-0.4, -0.2) is 29.9 Å². The van der Waals surface area contributed by atoms with Gasteiger partial charge in [0, 0.05) is 6.61 Å². The smallest absolute Gasteiger partial charge is 0.296 e. The van der Waals surface area contributed by atoms with Crippen LogP contribution in [-0.2, 0) is 18.7 Å². The molecule has 144 valence electrons. The summed E-state index contributed by atoms with van der Waals surface area (Å²) in [4.78, 5) is 0.213. The van der Waals surface area contributed by atoms with Crippen LogP contribution < -0.4 is 0 Å². The summed E-state index contributed by atoms with van der Waals surface area (Å²) >= 11 is 0. The van der Waals surface area contributed by atoms with Crippen LogP contribution in [0.25, 0.3) is 0 Å². The van der Waals surface area contributed by atoms with Crippen molar-refractivity contribution in [3.05, 3.63) is 29.8 Å². The Bertz CT molecular complexity index is 630. The van der Waals surface area contributed by atoms with Crippen LogP contribution in [0.4, 0.5) is 0 Å². The van der Waals surface area contributed by atoms with Gasteiger partial charge in [0.1, 0.15) is 0 Å². The summed E-state index contributed by atoms with van der Waals surface area (Å²) in [5.41, 5.74) is 1.02. The third-order valence-corrected chi connectivity index (χ3v) is 11.0. The molecular weight excluding hydrogens is 352 g/mol. The van der Waals surface area contributed by atoms with Gasteiger partial charge >= 0.3 is 0 Å². The standard InChI is InChI=1S/C19H34O4SSi/c1-8-17(13-14-23-25(6,7)19(3,4)5)15-22-24(20,21)18-11-9-16(2)10-12-18/h9-12,17H,8,13-15H2,1-7H3. The average molecular weight is 387 g/mol. The van der Waals surface area contributed by atoms with Crippen LogP contribution in [0.5, 0.6) is 0 Å². The van der Waals surface area contributed by atoms with Crippen LogP contribution >= 0.6 is 0 Å². The lowest BCUT2D eigenvalue weighted by molar-refractivity contribution is 0.199.